The molecule has 0 saturated heterocycles. The second kappa shape index (κ2) is 7.95. The zero-order chi connectivity index (χ0) is 22.0. The van der Waals surface area contributed by atoms with Gasteiger partial charge in [-0.15, -0.1) is 0 Å². The summed E-state index contributed by atoms with van der Waals surface area (Å²) in [4.78, 5) is 34.4. The van der Waals surface area contributed by atoms with Gasteiger partial charge >= 0.3 is 11.9 Å². The molecule has 2 aromatic rings. The maximum Gasteiger partial charge on any atom is 0.337 e. The number of non-ortho nitro benzene ring substituents is 1. The van der Waals surface area contributed by atoms with E-state index in [1.165, 1.54) is 19.2 Å². The summed E-state index contributed by atoms with van der Waals surface area (Å²) in [6.45, 7) is 0. The molecule has 3 rings (SSSR count). The quantitative estimate of drug-likeness (QED) is 0.478. The molecule has 0 saturated carbocycles. The summed E-state index contributed by atoms with van der Waals surface area (Å²) in [5, 5.41) is 30.6. The van der Waals surface area contributed by atoms with Crippen LogP contribution < -0.4 is 10.5 Å². The molecule has 0 aromatic heterocycles. The summed E-state index contributed by atoms with van der Waals surface area (Å²) in [5.74, 6) is -4.63. The maximum atomic E-state index is 12.2. The van der Waals surface area contributed by atoms with Gasteiger partial charge in [0.25, 0.3) is 5.69 Å². The van der Waals surface area contributed by atoms with Crippen LogP contribution in [0.2, 0.25) is 0 Å². The zero-order valence-electron chi connectivity index (χ0n) is 15.6. The molecule has 154 valence electrons. The lowest BCUT2D eigenvalue weighted by Gasteiger charge is -2.28. The number of para-hydroxylation sites is 1. The largest absolute Gasteiger partial charge is 0.496 e. The van der Waals surface area contributed by atoms with Gasteiger partial charge in [-0.3, -0.25) is 10.1 Å². The fourth-order valence-electron chi connectivity index (χ4n) is 3.24. The van der Waals surface area contributed by atoms with Crippen LogP contribution in [0.5, 0.6) is 5.75 Å². The molecule has 1 atom stereocenters. The van der Waals surface area contributed by atoms with E-state index in [9.17, 15) is 29.9 Å². The molecule has 2 aromatic carbocycles. The van der Waals surface area contributed by atoms with Crippen LogP contribution in [-0.2, 0) is 14.3 Å². The molecule has 10 nitrogen and oxygen atoms in total. The molecule has 0 aliphatic carbocycles. The van der Waals surface area contributed by atoms with Crippen molar-refractivity contribution in [2.75, 3.05) is 7.11 Å². The van der Waals surface area contributed by atoms with Crippen molar-refractivity contribution in [1.82, 2.24) is 0 Å². The van der Waals surface area contributed by atoms with E-state index in [0.29, 0.717) is 5.75 Å². The lowest BCUT2D eigenvalue weighted by Crippen LogP contribution is -2.28. The molecular weight excluding hydrogens is 396 g/mol. The van der Waals surface area contributed by atoms with Crippen LogP contribution in [0.4, 0.5) is 5.69 Å². The number of hydrogen-bond acceptors (Lipinski definition) is 7. The van der Waals surface area contributed by atoms with Crippen molar-refractivity contribution >= 4 is 23.4 Å². The number of ether oxygens (including phenoxy) is 2. The summed E-state index contributed by atoms with van der Waals surface area (Å²) in [6, 6.07) is 11.3. The number of benzene rings is 2. The molecule has 0 fully saturated rings. The van der Waals surface area contributed by atoms with Crippen LogP contribution in [0.1, 0.15) is 17.0 Å². The number of carbonyl (C=O) groups is 2. The van der Waals surface area contributed by atoms with Gasteiger partial charge in [-0.25, -0.2) is 9.59 Å². The highest BCUT2D eigenvalue weighted by Crippen LogP contribution is 2.44. The van der Waals surface area contributed by atoms with Crippen molar-refractivity contribution in [3.05, 3.63) is 86.8 Å². The van der Waals surface area contributed by atoms with Crippen molar-refractivity contribution < 1.29 is 34.2 Å². The SMILES string of the molecule is COc1ccccc1C1=C(C(=O)O)C(c2ccc([N+](=O)[O-])cc2)C(C(=O)O)=C(N)O1. The summed E-state index contributed by atoms with van der Waals surface area (Å²) >= 11 is 0. The topological polar surface area (TPSA) is 162 Å². The van der Waals surface area contributed by atoms with E-state index < -0.39 is 34.2 Å². The van der Waals surface area contributed by atoms with E-state index >= 15 is 0 Å². The van der Waals surface area contributed by atoms with E-state index in [-0.39, 0.29) is 28.1 Å². The first-order valence-electron chi connectivity index (χ1n) is 8.52. The van der Waals surface area contributed by atoms with E-state index in [4.69, 9.17) is 15.2 Å². The molecule has 1 aliphatic rings. The summed E-state index contributed by atoms with van der Waals surface area (Å²) in [5.41, 5.74) is 5.21. The number of carboxylic acids is 2. The van der Waals surface area contributed by atoms with E-state index in [2.05, 4.69) is 0 Å². The Bertz CT molecular complexity index is 1100. The molecule has 0 amide bonds. The first-order chi connectivity index (χ1) is 14.3. The third-order valence-corrected chi connectivity index (χ3v) is 4.55. The Morgan fingerprint density at radius 3 is 2.20 bits per heavy atom. The van der Waals surface area contributed by atoms with Gasteiger partial charge in [0.1, 0.15) is 11.3 Å². The number of nitro benzene ring substituents is 1. The van der Waals surface area contributed by atoms with Crippen molar-refractivity contribution in [1.29, 1.82) is 0 Å². The minimum Gasteiger partial charge on any atom is -0.496 e. The molecular formula is C20H16N2O8. The maximum absolute atomic E-state index is 12.2. The first kappa shape index (κ1) is 20.4. The minimum absolute atomic E-state index is 0.175. The van der Waals surface area contributed by atoms with Crippen LogP contribution >= 0.6 is 0 Å². The number of hydrogen-bond donors (Lipinski definition) is 3. The molecule has 0 bridgehead atoms. The van der Waals surface area contributed by atoms with Crippen LogP contribution in [0.25, 0.3) is 5.76 Å². The van der Waals surface area contributed by atoms with Gasteiger partial charge in [0.05, 0.1) is 29.1 Å². The van der Waals surface area contributed by atoms with Gasteiger partial charge in [-0.05, 0) is 17.7 Å². The molecule has 1 unspecified atom stereocenters. The van der Waals surface area contributed by atoms with E-state index in [1.54, 1.807) is 24.3 Å². The normalized spacial score (nSPS) is 16.1. The Morgan fingerprint density at radius 1 is 1.07 bits per heavy atom. The van der Waals surface area contributed by atoms with Gasteiger partial charge in [0, 0.05) is 12.1 Å². The Kier molecular flexibility index (Phi) is 5.41. The van der Waals surface area contributed by atoms with Gasteiger partial charge in [0.15, 0.2) is 5.76 Å². The summed E-state index contributed by atoms with van der Waals surface area (Å²) < 4.78 is 10.7. The smallest absolute Gasteiger partial charge is 0.337 e. The van der Waals surface area contributed by atoms with Crippen LogP contribution in [0, 0.1) is 10.1 Å². The van der Waals surface area contributed by atoms with Crippen molar-refractivity contribution in [3.63, 3.8) is 0 Å². The van der Waals surface area contributed by atoms with Crippen LogP contribution in [0.3, 0.4) is 0 Å². The fraction of sp³-hybridized carbons (Fsp3) is 0.100. The highest BCUT2D eigenvalue weighted by molar-refractivity contribution is 6.03. The van der Waals surface area contributed by atoms with Gasteiger partial charge in [-0.2, -0.15) is 0 Å². The number of carboxylic acid groups (broad SMARTS) is 2. The molecule has 1 heterocycles. The Hall–Kier alpha value is -4.34. The summed E-state index contributed by atoms with van der Waals surface area (Å²) in [7, 11) is 1.39. The Balaban J connectivity index is 2.30. The second-order valence-corrected chi connectivity index (χ2v) is 6.22. The minimum atomic E-state index is -1.48. The Morgan fingerprint density at radius 2 is 1.67 bits per heavy atom. The van der Waals surface area contributed by atoms with Gasteiger partial charge in [0.2, 0.25) is 5.88 Å². The molecule has 30 heavy (non-hydrogen) atoms. The van der Waals surface area contributed by atoms with Crippen molar-refractivity contribution in [3.8, 4) is 5.75 Å². The number of nitro groups is 1. The highest BCUT2D eigenvalue weighted by atomic mass is 16.6. The van der Waals surface area contributed by atoms with Gasteiger partial charge < -0.3 is 25.4 Å². The first-order valence-corrected chi connectivity index (χ1v) is 8.52. The number of rotatable bonds is 6. The monoisotopic (exact) mass is 412 g/mol. The lowest BCUT2D eigenvalue weighted by atomic mass is 9.81. The van der Waals surface area contributed by atoms with E-state index in [0.717, 1.165) is 12.1 Å². The highest BCUT2D eigenvalue weighted by Gasteiger charge is 2.41. The third kappa shape index (κ3) is 3.53. The lowest BCUT2D eigenvalue weighted by molar-refractivity contribution is -0.384. The fourth-order valence-corrected chi connectivity index (χ4v) is 3.24. The molecule has 10 heteroatoms. The molecule has 1 aliphatic heterocycles. The number of nitrogens with zero attached hydrogens (tertiary/aromatic N) is 1. The zero-order valence-corrected chi connectivity index (χ0v) is 15.6. The second-order valence-electron chi connectivity index (χ2n) is 6.22. The van der Waals surface area contributed by atoms with Gasteiger partial charge in [-0.1, -0.05) is 24.3 Å². The average molecular weight is 412 g/mol. The molecule has 0 spiro atoms. The standard InChI is InChI=1S/C20H16N2O8/c1-29-13-5-3-2-4-12(13)17-15(19(23)24)14(16(20(25)26)18(21)30-17)10-6-8-11(9-7-10)22(27)28/h2-9,14H,21H2,1H3,(H,23,24)(H,25,26). The van der Waals surface area contributed by atoms with Crippen LogP contribution in [0.15, 0.2) is 65.6 Å². The number of aliphatic carboxylic acids is 2. The van der Waals surface area contributed by atoms with Crippen LogP contribution in [-0.4, -0.2) is 34.2 Å². The third-order valence-electron chi connectivity index (χ3n) is 4.55. The van der Waals surface area contributed by atoms with Crippen molar-refractivity contribution in [2.45, 2.75) is 5.92 Å². The number of methoxy groups -OCH3 is 1. The summed E-state index contributed by atoms with van der Waals surface area (Å²) in [6.07, 6.45) is 0. The average Bonchev–Trinajstić information content (AvgIpc) is 2.72. The number of nitrogens with two attached hydrogens (primary N) is 1. The van der Waals surface area contributed by atoms with Crippen molar-refractivity contribution in [2.24, 2.45) is 5.73 Å². The predicted molar refractivity (Wildman–Crippen MR) is 103 cm³/mol. The molecule has 0 radical (unpaired) electrons. The predicted octanol–water partition coefficient (Wildman–Crippen LogP) is 2.47. The molecule has 4 N–H and O–H groups in total. The van der Waals surface area contributed by atoms with E-state index in [1.807, 2.05) is 0 Å². The Labute approximate surface area is 169 Å².